The number of carbonyl (C=O) groups excluding carboxylic acids is 3. The van der Waals surface area contributed by atoms with Crippen LogP contribution in [0.2, 0.25) is 0 Å². The number of aromatic amines is 2. The molecular formula is C37H41N7O4. The maximum absolute atomic E-state index is 13.7. The lowest BCUT2D eigenvalue weighted by Gasteiger charge is -2.31. The van der Waals surface area contributed by atoms with Crippen LogP contribution in [0.5, 0.6) is 0 Å². The van der Waals surface area contributed by atoms with E-state index in [-0.39, 0.29) is 35.9 Å². The van der Waals surface area contributed by atoms with Crippen LogP contribution in [-0.4, -0.2) is 72.9 Å². The van der Waals surface area contributed by atoms with Gasteiger partial charge < -0.3 is 29.8 Å². The summed E-state index contributed by atoms with van der Waals surface area (Å²) in [5, 5.41) is 2.73. The van der Waals surface area contributed by atoms with Gasteiger partial charge in [0.1, 0.15) is 17.7 Å². The molecule has 1 unspecified atom stereocenters. The van der Waals surface area contributed by atoms with E-state index in [4.69, 9.17) is 9.72 Å². The van der Waals surface area contributed by atoms with E-state index >= 15 is 0 Å². The molecule has 8 rings (SSSR count). The third kappa shape index (κ3) is 5.35. The van der Waals surface area contributed by atoms with Crippen LogP contribution < -0.4 is 5.32 Å². The number of rotatable bonds is 8. The Labute approximate surface area is 279 Å². The Morgan fingerprint density at radius 2 is 1.21 bits per heavy atom. The van der Waals surface area contributed by atoms with E-state index < -0.39 is 12.1 Å². The third-order valence-corrected chi connectivity index (χ3v) is 10.8. The molecule has 3 N–H and O–H groups in total. The Balaban J connectivity index is 0.946. The van der Waals surface area contributed by atoms with Crippen LogP contribution in [-0.2, 0) is 14.3 Å². The molecule has 2 aliphatic carbocycles. The van der Waals surface area contributed by atoms with Crippen LogP contribution in [0.15, 0.2) is 60.9 Å². The normalized spacial score (nSPS) is 25.9. The van der Waals surface area contributed by atoms with Gasteiger partial charge >= 0.3 is 6.09 Å². The molecule has 2 aromatic carbocycles. The fourth-order valence-electron chi connectivity index (χ4n) is 8.02. The van der Waals surface area contributed by atoms with Gasteiger partial charge in [0, 0.05) is 19.0 Å². The van der Waals surface area contributed by atoms with Gasteiger partial charge in [-0.25, -0.2) is 14.8 Å². The zero-order chi connectivity index (χ0) is 33.3. The van der Waals surface area contributed by atoms with E-state index in [1.807, 2.05) is 36.0 Å². The number of methoxy groups -OCH3 is 1. The van der Waals surface area contributed by atoms with E-state index in [2.05, 4.69) is 68.8 Å². The van der Waals surface area contributed by atoms with Crippen LogP contribution in [0.3, 0.4) is 0 Å². The Morgan fingerprint density at radius 1 is 0.750 bits per heavy atom. The minimum Gasteiger partial charge on any atom is -0.453 e. The van der Waals surface area contributed by atoms with Gasteiger partial charge in [0.2, 0.25) is 11.8 Å². The average Bonchev–Trinajstić information content (AvgIpc) is 3.68. The number of hydrogen-bond acceptors (Lipinski definition) is 6. The van der Waals surface area contributed by atoms with Crippen molar-refractivity contribution in [1.82, 2.24) is 35.1 Å². The fourth-order valence-corrected chi connectivity index (χ4v) is 8.02. The molecule has 4 fully saturated rings. The Bertz CT molecular complexity index is 1860. The molecule has 2 aromatic heterocycles. The Kier molecular flexibility index (Phi) is 7.38. The molecule has 0 spiro atoms. The lowest BCUT2D eigenvalue weighted by atomic mass is 10.0. The Hall–Kier alpha value is -4.93. The molecule has 7 atom stereocenters. The summed E-state index contributed by atoms with van der Waals surface area (Å²) in [4.78, 5) is 58.2. The standard InChI is InChI=1S/C37H41N7O4/c1-19(2)33(42-37(47)48-4)36(46)44-30-14-26(30)16-32(44)35-39-18-28(41-35)24-11-7-22(8-12-24)21-5-9-23(10-6-21)27-17-38-34(40-27)31-15-25-13-29(25)43(31)20(3)45/h5-12,17-19,25-26,29-33H,13-16H2,1-4H3,(H,38,40)(H,39,41)(H,42,47)/t25?,26-,29-,30-,31+,32+,33+/m1/s1. The predicted molar refractivity (Wildman–Crippen MR) is 179 cm³/mol. The third-order valence-electron chi connectivity index (χ3n) is 10.8. The zero-order valence-electron chi connectivity index (χ0n) is 27.6. The monoisotopic (exact) mass is 647 g/mol. The number of nitrogens with one attached hydrogen (secondary N) is 3. The van der Waals surface area contributed by atoms with E-state index in [0.29, 0.717) is 17.9 Å². The molecule has 4 aliphatic rings. The second kappa shape index (κ2) is 11.6. The topological polar surface area (TPSA) is 136 Å². The molecule has 11 heteroatoms. The largest absolute Gasteiger partial charge is 0.453 e. The molecule has 4 aromatic rings. The molecule has 2 aliphatic heterocycles. The number of benzene rings is 2. The predicted octanol–water partition coefficient (Wildman–Crippen LogP) is 5.86. The van der Waals surface area contributed by atoms with Crippen molar-refractivity contribution in [2.75, 3.05) is 7.11 Å². The van der Waals surface area contributed by atoms with Crippen molar-refractivity contribution < 1.29 is 19.1 Å². The van der Waals surface area contributed by atoms with Crippen molar-refractivity contribution in [3.63, 3.8) is 0 Å². The summed E-state index contributed by atoms with van der Waals surface area (Å²) in [6.45, 7) is 5.51. The molecule has 2 saturated heterocycles. The fraction of sp³-hybridized carbons (Fsp3) is 0.432. The summed E-state index contributed by atoms with van der Waals surface area (Å²) < 4.78 is 4.78. The first kappa shape index (κ1) is 30.4. The van der Waals surface area contributed by atoms with Crippen molar-refractivity contribution >= 4 is 17.9 Å². The van der Waals surface area contributed by atoms with Gasteiger partial charge in [-0.3, -0.25) is 9.59 Å². The smallest absolute Gasteiger partial charge is 0.407 e. The van der Waals surface area contributed by atoms with Gasteiger partial charge in [0.25, 0.3) is 0 Å². The summed E-state index contributed by atoms with van der Waals surface area (Å²) in [7, 11) is 1.31. The first-order valence-electron chi connectivity index (χ1n) is 17.0. The average molecular weight is 648 g/mol. The van der Waals surface area contributed by atoms with E-state index in [1.165, 1.54) is 7.11 Å². The van der Waals surface area contributed by atoms with Crippen LogP contribution in [0.25, 0.3) is 33.6 Å². The van der Waals surface area contributed by atoms with E-state index in [0.717, 1.165) is 71.0 Å². The number of amides is 3. The van der Waals surface area contributed by atoms with E-state index in [1.54, 1.807) is 6.92 Å². The molecule has 248 valence electrons. The summed E-state index contributed by atoms with van der Waals surface area (Å²) in [5.74, 6) is 2.68. The van der Waals surface area contributed by atoms with Gasteiger partial charge in [-0.1, -0.05) is 62.4 Å². The van der Waals surface area contributed by atoms with Gasteiger partial charge in [-0.05, 0) is 65.7 Å². The molecule has 4 heterocycles. The number of H-pyrrole nitrogens is 2. The summed E-state index contributed by atoms with van der Waals surface area (Å²) in [6, 6.07) is 16.6. The number of carbonyl (C=O) groups is 3. The van der Waals surface area contributed by atoms with Gasteiger partial charge in [-0.2, -0.15) is 0 Å². The van der Waals surface area contributed by atoms with Crippen molar-refractivity contribution in [3.05, 3.63) is 72.6 Å². The summed E-state index contributed by atoms with van der Waals surface area (Å²) in [5.41, 5.74) is 6.11. The first-order valence-corrected chi connectivity index (χ1v) is 17.0. The minimum atomic E-state index is -0.659. The maximum Gasteiger partial charge on any atom is 0.407 e. The lowest BCUT2D eigenvalue weighted by Crippen LogP contribution is -2.52. The number of imidazole rings is 2. The molecule has 0 bridgehead atoms. The Morgan fingerprint density at radius 3 is 1.67 bits per heavy atom. The second-order valence-corrected chi connectivity index (χ2v) is 14.2. The molecule has 2 saturated carbocycles. The van der Waals surface area contributed by atoms with Crippen molar-refractivity contribution in [2.24, 2.45) is 17.8 Å². The number of nitrogens with zero attached hydrogens (tertiary/aromatic N) is 4. The zero-order valence-corrected chi connectivity index (χ0v) is 27.6. The minimum absolute atomic E-state index is 0.0431. The molecule has 11 nitrogen and oxygen atoms in total. The number of alkyl carbamates (subject to hydrolysis) is 1. The second-order valence-electron chi connectivity index (χ2n) is 14.2. The number of hydrogen-bond donors (Lipinski definition) is 3. The lowest BCUT2D eigenvalue weighted by molar-refractivity contribution is -0.136. The van der Waals surface area contributed by atoms with Crippen LogP contribution in [0.1, 0.15) is 70.2 Å². The van der Waals surface area contributed by atoms with Crippen LogP contribution >= 0.6 is 0 Å². The van der Waals surface area contributed by atoms with Gasteiger partial charge in [0.15, 0.2) is 0 Å². The van der Waals surface area contributed by atoms with Crippen molar-refractivity contribution in [3.8, 4) is 33.6 Å². The highest BCUT2D eigenvalue weighted by molar-refractivity contribution is 5.87. The van der Waals surface area contributed by atoms with Crippen molar-refractivity contribution in [1.29, 1.82) is 0 Å². The number of likely N-dealkylation sites (tertiary alicyclic amines) is 2. The number of fused-ring (bicyclic) bond motifs is 2. The maximum atomic E-state index is 13.7. The highest BCUT2D eigenvalue weighted by Crippen LogP contribution is 2.54. The summed E-state index contributed by atoms with van der Waals surface area (Å²) >= 11 is 0. The highest BCUT2D eigenvalue weighted by atomic mass is 16.5. The SMILES string of the molecule is COC(=O)N[C@H](C(=O)N1[C@@H]2C[C@@H]2C[C@H]1c1ncc(-c2ccc(-c3ccc(-c4cnc([C@@H]5CC6C[C@H]6N5C(C)=O)[nH]4)cc3)cc2)[nH]1)C(C)C. The van der Waals surface area contributed by atoms with Crippen molar-refractivity contribution in [2.45, 2.75) is 76.7 Å². The van der Waals surface area contributed by atoms with Gasteiger partial charge in [0.05, 0.1) is 43.0 Å². The van der Waals surface area contributed by atoms with Crippen LogP contribution in [0, 0.1) is 17.8 Å². The van der Waals surface area contributed by atoms with Gasteiger partial charge in [-0.15, -0.1) is 0 Å². The summed E-state index contributed by atoms with van der Waals surface area (Å²) in [6.07, 6.45) is 7.06. The van der Waals surface area contributed by atoms with E-state index in [9.17, 15) is 14.4 Å². The quantitative estimate of drug-likeness (QED) is 0.219. The molecule has 0 radical (unpaired) electrons. The first-order chi connectivity index (χ1) is 23.2. The van der Waals surface area contributed by atoms with Crippen LogP contribution in [0.4, 0.5) is 4.79 Å². The molecular weight excluding hydrogens is 606 g/mol. The highest BCUT2D eigenvalue weighted by Gasteiger charge is 2.56. The number of piperidine rings is 2. The number of aromatic nitrogens is 4. The number of ether oxygens (including phenoxy) is 1. The molecule has 48 heavy (non-hydrogen) atoms. The molecule has 3 amide bonds.